The van der Waals surface area contributed by atoms with Crippen molar-refractivity contribution in [1.29, 1.82) is 0 Å². The van der Waals surface area contributed by atoms with Gasteiger partial charge in [-0.15, -0.1) is 0 Å². The van der Waals surface area contributed by atoms with Crippen molar-refractivity contribution in [2.75, 3.05) is 26.0 Å². The van der Waals surface area contributed by atoms with Gasteiger partial charge in [-0.1, -0.05) is 0 Å². The predicted octanol–water partition coefficient (Wildman–Crippen LogP) is 1.78. The molecule has 1 aliphatic rings. The number of ether oxygens (including phenoxy) is 1. The second-order valence-corrected chi connectivity index (χ2v) is 5.52. The van der Waals surface area contributed by atoms with Crippen molar-refractivity contribution in [2.45, 2.75) is 25.4 Å². The third kappa shape index (κ3) is 3.09. The van der Waals surface area contributed by atoms with E-state index in [0.29, 0.717) is 18.4 Å². The monoisotopic (exact) mass is 287 g/mol. The predicted molar refractivity (Wildman–Crippen MR) is 83.2 cm³/mol. The summed E-state index contributed by atoms with van der Waals surface area (Å²) in [6, 6.07) is 8.49. The molecule has 1 saturated carbocycles. The average molecular weight is 287 g/mol. The molecule has 0 radical (unpaired) electrons. The minimum absolute atomic E-state index is 0.175. The number of benzene rings is 1. The molecule has 5 nitrogen and oxygen atoms in total. The van der Waals surface area contributed by atoms with Crippen LogP contribution in [0.5, 0.6) is 5.75 Å². The minimum Gasteiger partial charge on any atom is -0.497 e. The van der Waals surface area contributed by atoms with Gasteiger partial charge in [0.15, 0.2) is 0 Å². The molecule has 1 aliphatic carbocycles. The summed E-state index contributed by atoms with van der Waals surface area (Å²) >= 11 is 0. The number of fused-ring (bicyclic) bond motifs is 1. The Bertz CT molecular complexity index is 641. The van der Waals surface area contributed by atoms with Crippen molar-refractivity contribution in [1.82, 2.24) is 9.88 Å². The largest absolute Gasteiger partial charge is 0.497 e. The Labute approximate surface area is 124 Å². The van der Waals surface area contributed by atoms with Crippen LogP contribution in [0, 0.1) is 0 Å². The first-order chi connectivity index (χ1) is 10.2. The number of aromatic nitrogens is 1. The van der Waals surface area contributed by atoms with Gasteiger partial charge in [-0.3, -0.25) is 4.90 Å². The summed E-state index contributed by atoms with van der Waals surface area (Å²) in [6.45, 7) is 1.60. The normalized spacial score (nSPS) is 14.8. The number of aliphatic hydroxyl groups excluding tert-OH is 1. The number of nitrogen functional groups attached to an aromatic ring is 1. The molecule has 5 heteroatoms. The maximum Gasteiger partial charge on any atom is 0.128 e. The highest BCUT2D eigenvalue weighted by molar-refractivity contribution is 5.82. The SMILES string of the molecule is COc1ccc2cc(CN(CCO)C3CC3)c(N)nc2c1. The number of pyridine rings is 1. The second-order valence-electron chi connectivity index (χ2n) is 5.52. The molecule has 0 spiro atoms. The van der Waals surface area contributed by atoms with Crippen LogP contribution >= 0.6 is 0 Å². The smallest absolute Gasteiger partial charge is 0.128 e. The van der Waals surface area contributed by atoms with E-state index in [1.165, 1.54) is 12.8 Å². The van der Waals surface area contributed by atoms with Crippen LogP contribution < -0.4 is 10.5 Å². The van der Waals surface area contributed by atoms with Gasteiger partial charge in [0.25, 0.3) is 0 Å². The first-order valence-corrected chi connectivity index (χ1v) is 7.29. The summed E-state index contributed by atoms with van der Waals surface area (Å²) < 4.78 is 5.21. The van der Waals surface area contributed by atoms with E-state index in [9.17, 15) is 5.11 Å². The number of rotatable bonds is 6. The Morgan fingerprint density at radius 1 is 1.38 bits per heavy atom. The summed E-state index contributed by atoms with van der Waals surface area (Å²) in [4.78, 5) is 6.77. The maximum atomic E-state index is 9.19. The van der Waals surface area contributed by atoms with Crippen molar-refractivity contribution in [3.05, 3.63) is 29.8 Å². The van der Waals surface area contributed by atoms with Gasteiger partial charge in [-0.25, -0.2) is 4.98 Å². The van der Waals surface area contributed by atoms with E-state index in [0.717, 1.165) is 28.8 Å². The van der Waals surface area contributed by atoms with Gasteiger partial charge in [-0.2, -0.15) is 0 Å². The molecule has 0 bridgehead atoms. The van der Waals surface area contributed by atoms with Crippen LogP contribution in [0.3, 0.4) is 0 Å². The topological polar surface area (TPSA) is 71.6 Å². The maximum absolute atomic E-state index is 9.19. The summed E-state index contributed by atoms with van der Waals surface area (Å²) in [7, 11) is 1.64. The molecule has 0 saturated heterocycles. The quantitative estimate of drug-likeness (QED) is 0.847. The molecule has 21 heavy (non-hydrogen) atoms. The number of hydrogen-bond donors (Lipinski definition) is 2. The van der Waals surface area contributed by atoms with Crippen LogP contribution in [-0.2, 0) is 6.54 Å². The highest BCUT2D eigenvalue weighted by atomic mass is 16.5. The zero-order valence-electron chi connectivity index (χ0n) is 12.2. The lowest BCUT2D eigenvalue weighted by atomic mass is 10.1. The van der Waals surface area contributed by atoms with Crippen molar-refractivity contribution >= 4 is 16.7 Å². The molecular formula is C16H21N3O2. The molecular weight excluding hydrogens is 266 g/mol. The Hall–Kier alpha value is -1.85. The third-order valence-corrected chi connectivity index (χ3v) is 3.96. The minimum atomic E-state index is 0.175. The molecule has 1 aromatic heterocycles. The lowest BCUT2D eigenvalue weighted by Gasteiger charge is -2.21. The van der Waals surface area contributed by atoms with Crippen LogP contribution in [0.4, 0.5) is 5.82 Å². The van der Waals surface area contributed by atoms with Crippen molar-refractivity contribution in [2.24, 2.45) is 0 Å². The van der Waals surface area contributed by atoms with Gasteiger partial charge in [0.05, 0.1) is 19.2 Å². The first kappa shape index (κ1) is 14.1. The fraction of sp³-hybridized carbons (Fsp3) is 0.438. The number of nitrogens with two attached hydrogens (primary N) is 1. The number of nitrogens with zero attached hydrogens (tertiary/aromatic N) is 2. The molecule has 0 atom stereocenters. The summed E-state index contributed by atoms with van der Waals surface area (Å²) in [5, 5.41) is 10.2. The highest BCUT2D eigenvalue weighted by Crippen LogP contribution is 2.30. The third-order valence-electron chi connectivity index (χ3n) is 3.96. The number of aliphatic hydroxyl groups is 1. The molecule has 3 N–H and O–H groups in total. The van der Waals surface area contributed by atoms with Crippen LogP contribution in [0.2, 0.25) is 0 Å². The molecule has 1 aromatic carbocycles. The molecule has 2 aromatic rings. The molecule has 112 valence electrons. The molecule has 0 unspecified atom stereocenters. The highest BCUT2D eigenvalue weighted by Gasteiger charge is 2.28. The summed E-state index contributed by atoms with van der Waals surface area (Å²) in [5.41, 5.74) is 7.97. The van der Waals surface area contributed by atoms with E-state index in [1.54, 1.807) is 7.11 Å². The standard InChI is InChI=1S/C16H21N3O2/c1-21-14-5-2-11-8-12(16(17)18-15(11)9-14)10-19(6-7-20)13-3-4-13/h2,5,8-9,13,20H,3-4,6-7,10H2,1H3,(H2,17,18). The van der Waals surface area contributed by atoms with E-state index in [-0.39, 0.29) is 6.61 Å². The van der Waals surface area contributed by atoms with E-state index >= 15 is 0 Å². The average Bonchev–Trinajstić information content (AvgIpc) is 3.31. The fourth-order valence-corrected chi connectivity index (χ4v) is 2.64. The van der Waals surface area contributed by atoms with Crippen LogP contribution in [0.15, 0.2) is 24.3 Å². The number of hydrogen-bond acceptors (Lipinski definition) is 5. The second kappa shape index (κ2) is 5.87. The van der Waals surface area contributed by atoms with Crippen LogP contribution in [0.1, 0.15) is 18.4 Å². The van der Waals surface area contributed by atoms with E-state index < -0.39 is 0 Å². The molecule has 0 aliphatic heterocycles. The molecule has 1 heterocycles. The Morgan fingerprint density at radius 2 is 2.19 bits per heavy atom. The van der Waals surface area contributed by atoms with Gasteiger partial charge >= 0.3 is 0 Å². The van der Waals surface area contributed by atoms with Gasteiger partial charge < -0.3 is 15.6 Å². The lowest BCUT2D eigenvalue weighted by molar-refractivity contribution is 0.183. The summed E-state index contributed by atoms with van der Waals surface area (Å²) in [6.07, 6.45) is 2.41. The molecule has 3 rings (SSSR count). The number of methoxy groups -OCH3 is 1. The van der Waals surface area contributed by atoms with Crippen molar-refractivity contribution in [3.8, 4) is 5.75 Å². The van der Waals surface area contributed by atoms with Crippen molar-refractivity contribution in [3.63, 3.8) is 0 Å². The van der Waals surface area contributed by atoms with E-state index in [1.807, 2.05) is 18.2 Å². The van der Waals surface area contributed by atoms with Crippen LogP contribution in [0.25, 0.3) is 10.9 Å². The Morgan fingerprint density at radius 3 is 2.86 bits per heavy atom. The molecule has 1 fully saturated rings. The van der Waals surface area contributed by atoms with Gasteiger partial charge in [-0.05, 0) is 31.0 Å². The molecule has 0 amide bonds. The Balaban J connectivity index is 1.89. The Kier molecular flexibility index (Phi) is 3.94. The van der Waals surface area contributed by atoms with Crippen molar-refractivity contribution < 1.29 is 9.84 Å². The fourth-order valence-electron chi connectivity index (χ4n) is 2.64. The summed E-state index contributed by atoms with van der Waals surface area (Å²) in [5.74, 6) is 1.33. The number of anilines is 1. The van der Waals surface area contributed by atoms with Crippen LogP contribution in [-0.4, -0.2) is 41.3 Å². The lowest BCUT2D eigenvalue weighted by Crippen LogP contribution is -2.29. The van der Waals surface area contributed by atoms with E-state index in [2.05, 4.69) is 16.0 Å². The zero-order valence-corrected chi connectivity index (χ0v) is 12.2. The van der Waals surface area contributed by atoms with Gasteiger partial charge in [0.2, 0.25) is 0 Å². The van der Waals surface area contributed by atoms with Gasteiger partial charge in [0, 0.05) is 36.1 Å². The zero-order chi connectivity index (χ0) is 14.8. The van der Waals surface area contributed by atoms with E-state index in [4.69, 9.17) is 10.5 Å². The first-order valence-electron chi connectivity index (χ1n) is 7.29. The van der Waals surface area contributed by atoms with Gasteiger partial charge in [0.1, 0.15) is 11.6 Å².